The summed E-state index contributed by atoms with van der Waals surface area (Å²) in [5, 5.41) is 0.642. The van der Waals surface area contributed by atoms with Crippen LogP contribution in [0.3, 0.4) is 0 Å². The van der Waals surface area contributed by atoms with Crippen LogP contribution in [0, 0.1) is 5.82 Å². The largest absolute Gasteiger partial charge is 0.271 e. The van der Waals surface area contributed by atoms with Crippen molar-refractivity contribution in [3.05, 3.63) is 67.3 Å². The summed E-state index contributed by atoms with van der Waals surface area (Å²) in [7, 11) is 0. The Morgan fingerprint density at radius 3 is 2.65 bits per heavy atom. The Morgan fingerprint density at radius 2 is 2.00 bits per heavy atom. The van der Waals surface area contributed by atoms with Gasteiger partial charge < -0.3 is 0 Å². The molecule has 2 aromatic carbocycles. The molecule has 0 radical (unpaired) electrons. The lowest BCUT2D eigenvalue weighted by atomic mass is 9.99. The highest BCUT2D eigenvalue weighted by molar-refractivity contribution is 9.10. The molecule has 2 nitrogen and oxygen atoms in total. The first-order valence-corrected chi connectivity index (χ1v) is 7.83. The number of rotatable bonds is 4. The van der Waals surface area contributed by atoms with Crippen LogP contribution < -0.4 is 11.3 Å². The molecule has 0 fully saturated rings. The molecule has 0 heterocycles. The number of hydrazine groups is 1. The molecule has 0 bridgehead atoms. The lowest BCUT2D eigenvalue weighted by Crippen LogP contribution is -2.30. The van der Waals surface area contributed by atoms with Crippen molar-refractivity contribution in [3.8, 4) is 0 Å². The fourth-order valence-corrected chi connectivity index (χ4v) is 3.35. The first-order valence-electron chi connectivity index (χ1n) is 5.87. The van der Waals surface area contributed by atoms with Crippen molar-refractivity contribution in [2.45, 2.75) is 12.5 Å². The molecule has 0 amide bonds. The molecule has 0 saturated carbocycles. The van der Waals surface area contributed by atoms with Crippen molar-refractivity contribution in [2.75, 3.05) is 0 Å². The third-order valence-corrected chi connectivity index (χ3v) is 4.80. The van der Waals surface area contributed by atoms with E-state index in [0.717, 1.165) is 15.6 Å². The average Bonchev–Trinajstić information content (AvgIpc) is 2.41. The van der Waals surface area contributed by atoms with Crippen LogP contribution in [-0.4, -0.2) is 0 Å². The van der Waals surface area contributed by atoms with Crippen LogP contribution in [0.2, 0.25) is 5.02 Å². The van der Waals surface area contributed by atoms with Gasteiger partial charge in [-0.3, -0.25) is 11.3 Å². The molecule has 20 heavy (non-hydrogen) atoms. The Morgan fingerprint density at radius 1 is 1.25 bits per heavy atom. The van der Waals surface area contributed by atoms with Crippen LogP contribution in [0.25, 0.3) is 0 Å². The maximum Gasteiger partial charge on any atom is 0.137 e. The Labute approximate surface area is 138 Å². The molecule has 1 unspecified atom stereocenters. The second-order valence-electron chi connectivity index (χ2n) is 4.30. The maximum absolute atomic E-state index is 13.5. The standard InChI is InChI=1S/C14H12Br2ClFN2/c15-11-7-9(17)4-5-10(11)13(20-19)6-8-2-1-3-12(18)14(8)16/h1-5,7,13,20H,6,19H2. The molecule has 0 aliphatic rings. The van der Waals surface area contributed by atoms with Gasteiger partial charge in [0.2, 0.25) is 0 Å². The highest BCUT2D eigenvalue weighted by atomic mass is 79.9. The maximum atomic E-state index is 13.5. The molecular formula is C14H12Br2ClFN2. The van der Waals surface area contributed by atoms with Crippen molar-refractivity contribution in [1.29, 1.82) is 0 Å². The number of hydrogen-bond acceptors (Lipinski definition) is 2. The smallest absolute Gasteiger partial charge is 0.137 e. The van der Waals surface area contributed by atoms with E-state index in [9.17, 15) is 4.39 Å². The summed E-state index contributed by atoms with van der Waals surface area (Å²) < 4.78 is 14.9. The van der Waals surface area contributed by atoms with Gasteiger partial charge in [0, 0.05) is 9.50 Å². The van der Waals surface area contributed by atoms with Gasteiger partial charge >= 0.3 is 0 Å². The number of nitrogens with one attached hydrogen (secondary N) is 1. The first-order chi connectivity index (χ1) is 9.52. The summed E-state index contributed by atoms with van der Waals surface area (Å²) in [6.07, 6.45) is 0.551. The monoisotopic (exact) mass is 420 g/mol. The summed E-state index contributed by atoms with van der Waals surface area (Å²) >= 11 is 12.7. The minimum atomic E-state index is -0.284. The van der Waals surface area contributed by atoms with Crippen molar-refractivity contribution >= 4 is 43.5 Å². The highest BCUT2D eigenvalue weighted by Crippen LogP contribution is 2.30. The van der Waals surface area contributed by atoms with Crippen molar-refractivity contribution in [1.82, 2.24) is 5.43 Å². The lowest BCUT2D eigenvalue weighted by molar-refractivity contribution is 0.544. The fraction of sp³-hybridized carbons (Fsp3) is 0.143. The van der Waals surface area contributed by atoms with Gasteiger partial charge in [0.15, 0.2) is 0 Å². The quantitative estimate of drug-likeness (QED) is 0.551. The van der Waals surface area contributed by atoms with Gasteiger partial charge in [0.1, 0.15) is 5.82 Å². The van der Waals surface area contributed by atoms with Gasteiger partial charge in [0.05, 0.1) is 10.5 Å². The van der Waals surface area contributed by atoms with Crippen LogP contribution in [0.4, 0.5) is 4.39 Å². The molecule has 0 saturated heterocycles. The zero-order valence-electron chi connectivity index (χ0n) is 10.3. The number of benzene rings is 2. The van der Waals surface area contributed by atoms with E-state index in [1.165, 1.54) is 6.07 Å². The van der Waals surface area contributed by atoms with Crippen LogP contribution in [0.15, 0.2) is 45.3 Å². The van der Waals surface area contributed by atoms with Gasteiger partial charge in [-0.1, -0.05) is 45.7 Å². The molecular weight excluding hydrogens is 410 g/mol. The van der Waals surface area contributed by atoms with Crippen molar-refractivity contribution in [2.24, 2.45) is 5.84 Å². The molecule has 2 aromatic rings. The molecule has 0 aromatic heterocycles. The predicted octanol–water partition coefficient (Wildman–Crippen LogP) is 4.75. The zero-order chi connectivity index (χ0) is 14.7. The molecule has 2 rings (SSSR count). The van der Waals surface area contributed by atoms with E-state index >= 15 is 0 Å². The summed E-state index contributed by atoms with van der Waals surface area (Å²) in [6, 6.07) is 10.3. The minimum Gasteiger partial charge on any atom is -0.271 e. The summed E-state index contributed by atoms with van der Waals surface area (Å²) in [4.78, 5) is 0. The lowest BCUT2D eigenvalue weighted by Gasteiger charge is -2.19. The second kappa shape index (κ2) is 7.00. The van der Waals surface area contributed by atoms with Gasteiger partial charge in [-0.05, 0) is 51.7 Å². The summed E-state index contributed by atoms with van der Waals surface area (Å²) in [5.74, 6) is 5.35. The van der Waals surface area contributed by atoms with Crippen LogP contribution in [-0.2, 0) is 6.42 Å². The predicted molar refractivity (Wildman–Crippen MR) is 87.0 cm³/mol. The summed E-state index contributed by atoms with van der Waals surface area (Å²) in [5.41, 5.74) is 4.57. The van der Waals surface area contributed by atoms with Gasteiger partial charge in [0.25, 0.3) is 0 Å². The Hall–Kier alpha value is -0.460. The third-order valence-electron chi connectivity index (χ3n) is 2.99. The van der Waals surface area contributed by atoms with E-state index in [1.807, 2.05) is 18.2 Å². The molecule has 3 N–H and O–H groups in total. The summed E-state index contributed by atoms with van der Waals surface area (Å²) in [6.45, 7) is 0. The van der Waals surface area contributed by atoms with E-state index in [2.05, 4.69) is 37.3 Å². The van der Waals surface area contributed by atoms with Crippen molar-refractivity contribution in [3.63, 3.8) is 0 Å². The topological polar surface area (TPSA) is 38.0 Å². The van der Waals surface area contributed by atoms with Crippen molar-refractivity contribution < 1.29 is 4.39 Å². The van der Waals surface area contributed by atoms with Gasteiger partial charge in [-0.25, -0.2) is 4.39 Å². The van der Waals surface area contributed by atoms with Crippen LogP contribution in [0.1, 0.15) is 17.2 Å². The van der Waals surface area contributed by atoms with E-state index in [-0.39, 0.29) is 11.9 Å². The van der Waals surface area contributed by atoms with Crippen LogP contribution in [0.5, 0.6) is 0 Å². The van der Waals surface area contributed by atoms with Gasteiger partial charge in [-0.15, -0.1) is 0 Å². The molecule has 106 valence electrons. The second-order valence-corrected chi connectivity index (χ2v) is 6.39. The van der Waals surface area contributed by atoms with E-state index in [0.29, 0.717) is 15.9 Å². The SMILES string of the molecule is NNC(Cc1cccc(F)c1Br)c1ccc(Cl)cc1Br. The number of hydrogen-bond donors (Lipinski definition) is 2. The normalized spacial score (nSPS) is 12.4. The molecule has 6 heteroatoms. The van der Waals surface area contributed by atoms with Crippen LogP contribution >= 0.6 is 43.5 Å². The number of nitrogens with two attached hydrogens (primary N) is 1. The minimum absolute atomic E-state index is 0.153. The number of halogens is 4. The zero-order valence-corrected chi connectivity index (χ0v) is 14.3. The average molecular weight is 423 g/mol. The van der Waals surface area contributed by atoms with Gasteiger partial charge in [-0.2, -0.15) is 0 Å². The Kier molecular flexibility index (Phi) is 5.57. The Balaban J connectivity index is 2.31. The third kappa shape index (κ3) is 3.59. The van der Waals surface area contributed by atoms with E-state index in [1.54, 1.807) is 12.1 Å². The molecule has 0 spiro atoms. The van der Waals surface area contributed by atoms with E-state index in [4.69, 9.17) is 17.4 Å². The fourth-order valence-electron chi connectivity index (χ4n) is 1.97. The molecule has 0 aliphatic carbocycles. The Bertz CT molecular complexity index is 622. The highest BCUT2D eigenvalue weighted by Gasteiger charge is 2.16. The molecule has 0 aliphatic heterocycles. The first kappa shape index (κ1) is 15.9. The van der Waals surface area contributed by atoms with E-state index < -0.39 is 0 Å². The molecule has 1 atom stereocenters.